The van der Waals surface area contributed by atoms with Gasteiger partial charge in [-0.2, -0.15) is 22.0 Å². The first-order valence-electron chi connectivity index (χ1n) is 7.73. The van der Waals surface area contributed by atoms with E-state index in [1.165, 1.54) is 0 Å². The van der Waals surface area contributed by atoms with E-state index in [2.05, 4.69) is 14.8 Å². The smallest absolute Gasteiger partial charge is 0.420 e. The van der Waals surface area contributed by atoms with E-state index in [1.54, 1.807) is 0 Å². The van der Waals surface area contributed by atoms with Gasteiger partial charge in [-0.15, -0.1) is 0 Å². The number of hydrogen-bond acceptors (Lipinski definition) is 6. The van der Waals surface area contributed by atoms with Crippen molar-refractivity contribution in [2.75, 3.05) is 32.1 Å². The first-order chi connectivity index (χ1) is 13.1. The Kier molecular flexibility index (Phi) is 6.44. The molecule has 0 spiro atoms. The molecule has 1 aliphatic rings. The van der Waals surface area contributed by atoms with Crippen molar-refractivity contribution in [2.45, 2.75) is 12.8 Å². The van der Waals surface area contributed by atoms with Gasteiger partial charge in [0.15, 0.2) is 0 Å². The number of rotatable bonds is 7. The molecule has 1 aromatic carbocycles. The van der Waals surface area contributed by atoms with E-state index in [0.717, 1.165) is 18.1 Å². The number of esters is 1. The van der Waals surface area contributed by atoms with Crippen LogP contribution in [0.15, 0.2) is 29.5 Å². The molecule has 0 aliphatic carbocycles. The van der Waals surface area contributed by atoms with Crippen LogP contribution in [-0.4, -0.2) is 55.3 Å². The Morgan fingerprint density at radius 2 is 2.04 bits per heavy atom. The van der Waals surface area contributed by atoms with E-state index < -0.39 is 42.6 Å². The SMILES string of the molecule is COC(=O)C1=C(Nc2ccc(OC(F)F)c(C(F)(F)F)c2)C(=O)N(CCO)C1. The molecule has 0 atom stereocenters. The van der Waals surface area contributed by atoms with Gasteiger partial charge in [-0.1, -0.05) is 0 Å². The van der Waals surface area contributed by atoms with Gasteiger partial charge in [0.05, 0.1) is 31.4 Å². The highest BCUT2D eigenvalue weighted by molar-refractivity contribution is 6.08. The molecule has 28 heavy (non-hydrogen) atoms. The van der Waals surface area contributed by atoms with Crippen LogP contribution in [0.5, 0.6) is 5.75 Å². The van der Waals surface area contributed by atoms with Crippen LogP contribution in [-0.2, 0) is 20.5 Å². The number of hydrogen-bond donors (Lipinski definition) is 2. The Morgan fingerprint density at radius 3 is 2.57 bits per heavy atom. The lowest BCUT2D eigenvalue weighted by molar-refractivity contribution is -0.142. The molecule has 0 radical (unpaired) electrons. The lowest BCUT2D eigenvalue weighted by atomic mass is 10.1. The van der Waals surface area contributed by atoms with Gasteiger partial charge in [-0.05, 0) is 18.2 Å². The summed E-state index contributed by atoms with van der Waals surface area (Å²) in [6, 6.07) is 2.12. The third-order valence-corrected chi connectivity index (χ3v) is 3.72. The van der Waals surface area contributed by atoms with Gasteiger partial charge in [0, 0.05) is 12.2 Å². The summed E-state index contributed by atoms with van der Waals surface area (Å²) in [4.78, 5) is 25.3. The average molecular weight is 410 g/mol. The highest BCUT2D eigenvalue weighted by Crippen LogP contribution is 2.39. The molecule has 12 heteroatoms. The van der Waals surface area contributed by atoms with Crippen LogP contribution >= 0.6 is 0 Å². The molecule has 0 bridgehead atoms. The highest BCUT2D eigenvalue weighted by atomic mass is 19.4. The molecule has 0 fully saturated rings. The van der Waals surface area contributed by atoms with Gasteiger partial charge in [-0.25, -0.2) is 4.79 Å². The number of aliphatic hydroxyl groups is 1. The molecule has 7 nitrogen and oxygen atoms in total. The average Bonchev–Trinajstić information content (AvgIpc) is 2.91. The molecule has 0 aromatic heterocycles. The van der Waals surface area contributed by atoms with Crippen molar-refractivity contribution in [3.8, 4) is 5.75 Å². The number of halogens is 5. The molecule has 1 aromatic rings. The lowest BCUT2D eigenvalue weighted by Gasteiger charge is -2.17. The van der Waals surface area contributed by atoms with Gasteiger partial charge < -0.3 is 24.8 Å². The third-order valence-electron chi connectivity index (χ3n) is 3.72. The number of anilines is 1. The Bertz CT molecular complexity index is 794. The topological polar surface area (TPSA) is 88.1 Å². The number of nitrogens with zero attached hydrogens (tertiary/aromatic N) is 1. The Labute approximate surface area is 155 Å². The van der Waals surface area contributed by atoms with E-state index >= 15 is 0 Å². The number of ether oxygens (including phenoxy) is 2. The van der Waals surface area contributed by atoms with Crippen molar-refractivity contribution in [3.05, 3.63) is 35.0 Å². The first kappa shape index (κ1) is 21.4. The van der Waals surface area contributed by atoms with E-state index in [1.807, 2.05) is 0 Å². The Morgan fingerprint density at radius 1 is 1.36 bits per heavy atom. The fourth-order valence-electron chi connectivity index (χ4n) is 2.52. The van der Waals surface area contributed by atoms with Gasteiger partial charge >= 0.3 is 18.8 Å². The number of carbonyl (C=O) groups excluding carboxylic acids is 2. The second-order valence-electron chi connectivity index (χ2n) is 5.51. The first-order valence-corrected chi connectivity index (χ1v) is 7.73. The number of alkyl halides is 5. The van der Waals surface area contributed by atoms with Gasteiger partial charge in [0.1, 0.15) is 11.4 Å². The monoisotopic (exact) mass is 410 g/mol. The van der Waals surface area contributed by atoms with Crippen LogP contribution in [0.1, 0.15) is 5.56 Å². The molecule has 2 N–H and O–H groups in total. The van der Waals surface area contributed by atoms with Crippen LogP contribution in [0.2, 0.25) is 0 Å². The molecule has 154 valence electrons. The molecule has 1 aliphatic heterocycles. The van der Waals surface area contributed by atoms with Crippen LogP contribution in [0.25, 0.3) is 0 Å². The summed E-state index contributed by atoms with van der Waals surface area (Å²) in [5.74, 6) is -2.71. The molecule has 0 saturated carbocycles. The van der Waals surface area contributed by atoms with Crippen LogP contribution < -0.4 is 10.1 Å². The zero-order chi connectivity index (χ0) is 21.1. The van der Waals surface area contributed by atoms with Crippen molar-refractivity contribution >= 4 is 17.6 Å². The molecular formula is C16H15F5N2O5. The van der Waals surface area contributed by atoms with Crippen molar-refractivity contribution in [1.29, 1.82) is 0 Å². The second-order valence-corrected chi connectivity index (χ2v) is 5.51. The zero-order valence-corrected chi connectivity index (χ0v) is 14.3. The summed E-state index contributed by atoms with van der Waals surface area (Å²) in [6.07, 6.45) is -5.01. The maximum absolute atomic E-state index is 13.1. The van der Waals surface area contributed by atoms with Gasteiger partial charge in [0.25, 0.3) is 5.91 Å². The quantitative estimate of drug-likeness (QED) is 0.528. The molecule has 1 heterocycles. The van der Waals surface area contributed by atoms with Crippen molar-refractivity contribution in [2.24, 2.45) is 0 Å². The summed E-state index contributed by atoms with van der Waals surface area (Å²) >= 11 is 0. The third kappa shape index (κ3) is 4.68. The fraction of sp³-hybridized carbons (Fsp3) is 0.375. The second kappa shape index (κ2) is 8.42. The number of amides is 1. The van der Waals surface area contributed by atoms with Crippen LogP contribution in [0, 0.1) is 0 Å². The molecule has 1 amide bonds. The molecule has 2 rings (SSSR count). The number of β-amino-alcohol motifs (C(OH)–C–C–N with tert-alkyl or cyclic N) is 1. The summed E-state index contributed by atoms with van der Waals surface area (Å²) in [6.45, 7) is -4.19. The minimum Gasteiger partial charge on any atom is -0.466 e. The Hall–Kier alpha value is -2.89. The maximum atomic E-state index is 13.1. The van der Waals surface area contributed by atoms with E-state index in [-0.39, 0.29) is 30.0 Å². The molecular weight excluding hydrogens is 395 g/mol. The van der Waals surface area contributed by atoms with Gasteiger partial charge in [0.2, 0.25) is 0 Å². The fourth-order valence-corrected chi connectivity index (χ4v) is 2.52. The number of nitrogens with one attached hydrogen (secondary N) is 1. The van der Waals surface area contributed by atoms with Crippen molar-refractivity contribution in [3.63, 3.8) is 0 Å². The predicted octanol–water partition coefficient (Wildman–Crippen LogP) is 1.98. The van der Waals surface area contributed by atoms with E-state index in [9.17, 15) is 31.5 Å². The summed E-state index contributed by atoms with van der Waals surface area (Å²) < 4.78 is 72.5. The number of benzene rings is 1. The number of methoxy groups -OCH3 is 1. The van der Waals surface area contributed by atoms with Crippen LogP contribution in [0.3, 0.4) is 0 Å². The summed E-state index contributed by atoms with van der Waals surface area (Å²) in [7, 11) is 1.06. The van der Waals surface area contributed by atoms with Crippen molar-refractivity contribution in [1.82, 2.24) is 4.90 Å². The molecule has 0 unspecified atom stereocenters. The summed E-state index contributed by atoms with van der Waals surface area (Å²) in [5, 5.41) is 11.4. The molecule has 0 saturated heterocycles. The normalized spacial score (nSPS) is 14.7. The van der Waals surface area contributed by atoms with E-state index in [0.29, 0.717) is 12.1 Å². The predicted molar refractivity (Wildman–Crippen MR) is 84.4 cm³/mol. The highest BCUT2D eigenvalue weighted by Gasteiger charge is 2.37. The lowest BCUT2D eigenvalue weighted by Crippen LogP contribution is -2.31. The van der Waals surface area contributed by atoms with Gasteiger partial charge in [-0.3, -0.25) is 4.79 Å². The van der Waals surface area contributed by atoms with E-state index in [4.69, 9.17) is 5.11 Å². The maximum Gasteiger partial charge on any atom is 0.420 e. The van der Waals surface area contributed by atoms with Crippen molar-refractivity contribution < 1.29 is 46.1 Å². The standard InChI is InChI=1S/C16H15F5N2O5/c1-27-14(26)9-7-23(4-5-24)13(25)12(9)22-8-2-3-11(28-15(17)18)10(6-8)16(19,20)21/h2-3,6,15,22,24H,4-5,7H2,1H3. The largest absolute Gasteiger partial charge is 0.466 e. The number of aliphatic hydroxyl groups excluding tert-OH is 1. The minimum atomic E-state index is -5.01. The minimum absolute atomic E-state index is 0.112. The number of carbonyl (C=O) groups is 2. The zero-order valence-electron chi connectivity index (χ0n) is 14.3. The summed E-state index contributed by atoms with van der Waals surface area (Å²) in [5.41, 5.74) is -2.27. The van der Waals surface area contributed by atoms with Crippen LogP contribution in [0.4, 0.5) is 27.6 Å². The Balaban J connectivity index is 2.41.